The molecular weight excluding hydrogens is 401 g/mol. The van der Waals surface area contributed by atoms with Crippen LogP contribution in [0.1, 0.15) is 49.9 Å². The molecule has 3 aromatic rings. The second-order valence-electron chi connectivity index (χ2n) is 6.54. The van der Waals surface area contributed by atoms with E-state index in [2.05, 4.69) is 30.3 Å². The molecule has 1 aromatic carbocycles. The topological polar surface area (TPSA) is 50.9 Å². The maximum atomic E-state index is 9.93. The number of pyridine rings is 1. The number of aliphatic hydroxyl groups excluding tert-OH is 1. The number of hydrogen-bond donors (Lipinski definition) is 1. The van der Waals surface area contributed by atoms with Gasteiger partial charge in [-0.05, 0) is 43.2 Å². The lowest BCUT2D eigenvalue weighted by Crippen LogP contribution is -2.13. The van der Waals surface area contributed by atoms with E-state index in [0.29, 0.717) is 15.9 Å². The van der Waals surface area contributed by atoms with Gasteiger partial charge in [0.2, 0.25) is 0 Å². The van der Waals surface area contributed by atoms with Gasteiger partial charge in [-0.25, -0.2) is 4.98 Å². The van der Waals surface area contributed by atoms with E-state index in [1.165, 1.54) is 0 Å². The molecule has 1 N–H and O–H groups in total. The van der Waals surface area contributed by atoms with Crippen molar-refractivity contribution in [2.24, 2.45) is 0 Å². The summed E-state index contributed by atoms with van der Waals surface area (Å²) in [6.45, 7) is 6.10. The smallest absolute Gasteiger partial charge is 0.136 e. The highest BCUT2D eigenvalue weighted by atomic mass is 35.5. The second-order valence-corrected chi connectivity index (χ2v) is 8.47. The van der Waals surface area contributed by atoms with Gasteiger partial charge >= 0.3 is 0 Å². The highest BCUT2D eigenvalue weighted by Crippen LogP contribution is 2.39. The first-order valence-corrected chi connectivity index (χ1v) is 10.2. The molecule has 1 unspecified atom stereocenters. The van der Waals surface area contributed by atoms with Crippen LogP contribution < -0.4 is 0 Å². The van der Waals surface area contributed by atoms with E-state index in [1.807, 2.05) is 30.3 Å². The highest BCUT2D eigenvalue weighted by Gasteiger charge is 2.24. The number of rotatable bonds is 6. The first-order chi connectivity index (χ1) is 12.9. The van der Waals surface area contributed by atoms with Crippen LogP contribution in [0.25, 0.3) is 0 Å². The standard InChI is InChI=1S/C20H21Cl2N3OS/c1-12(2)19-20(27-16-9-14(21)8-15(22)10-16)25(18(11-26)24-19)13(3)17-6-4-5-7-23-17/h4-10,12-13,26H,11H2,1-3H3. The van der Waals surface area contributed by atoms with Crippen molar-refractivity contribution >= 4 is 35.0 Å². The predicted molar refractivity (Wildman–Crippen MR) is 111 cm³/mol. The fraction of sp³-hybridized carbons (Fsp3) is 0.300. The van der Waals surface area contributed by atoms with Gasteiger partial charge in [0.05, 0.1) is 17.4 Å². The zero-order valence-electron chi connectivity index (χ0n) is 15.4. The first kappa shape index (κ1) is 20.2. The van der Waals surface area contributed by atoms with E-state index in [0.717, 1.165) is 21.3 Å². The average molecular weight is 422 g/mol. The molecule has 0 radical (unpaired) electrons. The highest BCUT2D eigenvalue weighted by molar-refractivity contribution is 7.99. The molecule has 7 heteroatoms. The molecule has 2 aromatic heterocycles. The van der Waals surface area contributed by atoms with Crippen LogP contribution in [0.3, 0.4) is 0 Å². The van der Waals surface area contributed by atoms with Crippen molar-refractivity contribution in [2.45, 2.75) is 49.3 Å². The minimum atomic E-state index is -0.145. The molecule has 2 heterocycles. The maximum Gasteiger partial charge on any atom is 0.136 e. The van der Waals surface area contributed by atoms with Crippen LogP contribution in [-0.2, 0) is 6.61 Å². The molecular formula is C20H21Cl2N3OS. The summed E-state index contributed by atoms with van der Waals surface area (Å²) in [5, 5.41) is 12.1. The van der Waals surface area contributed by atoms with Gasteiger partial charge in [0, 0.05) is 21.1 Å². The molecule has 0 aliphatic heterocycles. The Bertz CT molecular complexity index is 908. The Morgan fingerprint density at radius 2 is 1.81 bits per heavy atom. The van der Waals surface area contributed by atoms with Gasteiger partial charge in [-0.1, -0.05) is 54.9 Å². The van der Waals surface area contributed by atoms with Crippen LogP contribution >= 0.6 is 35.0 Å². The SMILES string of the molecule is CC(C)c1nc(CO)n(C(C)c2ccccn2)c1Sc1cc(Cl)cc(Cl)c1. The fourth-order valence-corrected chi connectivity index (χ4v) is 4.92. The summed E-state index contributed by atoms with van der Waals surface area (Å²) in [6, 6.07) is 11.2. The van der Waals surface area contributed by atoms with Gasteiger partial charge in [-0.3, -0.25) is 4.98 Å². The Kier molecular flexibility index (Phi) is 6.48. The molecule has 4 nitrogen and oxygen atoms in total. The summed E-state index contributed by atoms with van der Waals surface area (Å²) in [4.78, 5) is 10.1. The van der Waals surface area contributed by atoms with Crippen LogP contribution in [0, 0.1) is 0 Å². The van der Waals surface area contributed by atoms with Gasteiger partial charge in [0.1, 0.15) is 17.5 Å². The molecule has 0 aliphatic rings. The summed E-state index contributed by atoms with van der Waals surface area (Å²) in [5.41, 5.74) is 1.84. The number of nitrogens with zero attached hydrogens (tertiary/aromatic N) is 3. The van der Waals surface area contributed by atoms with Crippen molar-refractivity contribution in [3.63, 3.8) is 0 Å². The number of aromatic nitrogens is 3. The third-order valence-corrected chi connectivity index (χ3v) is 5.71. The van der Waals surface area contributed by atoms with Crippen LogP contribution in [0.2, 0.25) is 10.0 Å². The normalized spacial score (nSPS) is 12.6. The Morgan fingerprint density at radius 1 is 1.11 bits per heavy atom. The molecule has 142 valence electrons. The van der Waals surface area contributed by atoms with Crippen molar-refractivity contribution < 1.29 is 5.11 Å². The van der Waals surface area contributed by atoms with Crippen molar-refractivity contribution in [2.75, 3.05) is 0 Å². The van der Waals surface area contributed by atoms with E-state index in [1.54, 1.807) is 24.0 Å². The Labute approximate surface area is 173 Å². The molecule has 27 heavy (non-hydrogen) atoms. The van der Waals surface area contributed by atoms with Crippen LogP contribution in [-0.4, -0.2) is 19.6 Å². The molecule has 0 amide bonds. The lowest BCUT2D eigenvalue weighted by Gasteiger charge is -2.19. The van der Waals surface area contributed by atoms with Crippen LogP contribution in [0.15, 0.2) is 52.5 Å². The average Bonchev–Trinajstić information content (AvgIpc) is 2.99. The Morgan fingerprint density at radius 3 is 2.37 bits per heavy atom. The summed E-state index contributed by atoms with van der Waals surface area (Å²) >= 11 is 13.9. The number of benzene rings is 1. The third kappa shape index (κ3) is 4.49. The maximum absolute atomic E-state index is 9.93. The van der Waals surface area contributed by atoms with E-state index in [4.69, 9.17) is 28.2 Å². The van der Waals surface area contributed by atoms with E-state index < -0.39 is 0 Å². The molecule has 3 rings (SSSR count). The minimum absolute atomic E-state index is 0.0782. The van der Waals surface area contributed by atoms with Crippen LogP contribution in [0.4, 0.5) is 0 Å². The van der Waals surface area contributed by atoms with Crippen molar-refractivity contribution in [3.05, 3.63) is 69.9 Å². The van der Waals surface area contributed by atoms with Gasteiger partial charge in [0.15, 0.2) is 0 Å². The van der Waals surface area contributed by atoms with Crippen molar-refractivity contribution in [3.8, 4) is 0 Å². The summed E-state index contributed by atoms with van der Waals surface area (Å²) in [7, 11) is 0. The van der Waals surface area contributed by atoms with Gasteiger partial charge < -0.3 is 9.67 Å². The number of halogens is 2. The molecule has 0 saturated heterocycles. The molecule has 0 spiro atoms. The zero-order valence-corrected chi connectivity index (χ0v) is 17.7. The van der Waals surface area contributed by atoms with Gasteiger partial charge in [-0.15, -0.1) is 0 Å². The number of aliphatic hydroxyl groups is 1. The second kappa shape index (κ2) is 8.65. The van der Waals surface area contributed by atoms with E-state index >= 15 is 0 Å². The number of hydrogen-bond acceptors (Lipinski definition) is 4. The van der Waals surface area contributed by atoms with Crippen molar-refractivity contribution in [1.29, 1.82) is 0 Å². The third-order valence-electron chi connectivity index (χ3n) is 4.21. The van der Waals surface area contributed by atoms with Gasteiger partial charge in [-0.2, -0.15) is 0 Å². The molecule has 0 bridgehead atoms. The molecule has 0 saturated carbocycles. The zero-order chi connectivity index (χ0) is 19.6. The predicted octanol–water partition coefficient (Wildman–Crippen LogP) is 5.96. The van der Waals surface area contributed by atoms with Gasteiger partial charge in [0.25, 0.3) is 0 Å². The molecule has 1 atom stereocenters. The lowest BCUT2D eigenvalue weighted by molar-refractivity contribution is 0.261. The summed E-state index contributed by atoms with van der Waals surface area (Å²) < 4.78 is 2.05. The molecule has 0 aliphatic carbocycles. The fourth-order valence-electron chi connectivity index (χ4n) is 2.92. The first-order valence-electron chi connectivity index (χ1n) is 8.67. The monoisotopic (exact) mass is 421 g/mol. The van der Waals surface area contributed by atoms with E-state index in [-0.39, 0.29) is 18.6 Å². The summed E-state index contributed by atoms with van der Waals surface area (Å²) in [6.07, 6.45) is 1.77. The van der Waals surface area contributed by atoms with E-state index in [9.17, 15) is 5.11 Å². The molecule has 0 fully saturated rings. The summed E-state index contributed by atoms with van der Waals surface area (Å²) in [5.74, 6) is 0.817. The van der Waals surface area contributed by atoms with Crippen LogP contribution in [0.5, 0.6) is 0 Å². The van der Waals surface area contributed by atoms with Crippen molar-refractivity contribution in [1.82, 2.24) is 14.5 Å². The Balaban J connectivity index is 2.13. The quantitative estimate of drug-likeness (QED) is 0.533. The number of imidazole rings is 1. The minimum Gasteiger partial charge on any atom is -0.388 e. The lowest BCUT2D eigenvalue weighted by atomic mass is 10.1. The largest absolute Gasteiger partial charge is 0.388 e. The Hall–Kier alpha value is -1.53.